The largest absolute Gasteiger partial charge is 0.364 e. The number of hydrogen-bond donors (Lipinski definition) is 1. The van der Waals surface area contributed by atoms with E-state index in [-0.39, 0.29) is 5.82 Å². The van der Waals surface area contributed by atoms with Crippen LogP contribution >= 0.6 is 0 Å². The zero-order valence-corrected chi connectivity index (χ0v) is 16.0. The summed E-state index contributed by atoms with van der Waals surface area (Å²) in [5.74, 6) is -0.107. The highest BCUT2D eigenvalue weighted by molar-refractivity contribution is 5.51. The number of nitrogens with zero attached hydrogens (tertiary/aromatic N) is 1. The van der Waals surface area contributed by atoms with E-state index < -0.39 is 0 Å². The Labute approximate surface area is 157 Å². The molecular weight excluding hydrogens is 323 g/mol. The third-order valence-electron chi connectivity index (χ3n) is 5.46. The fourth-order valence-corrected chi connectivity index (χ4v) is 4.20. The molecule has 3 heteroatoms. The Hall–Kier alpha value is -1.87. The first-order chi connectivity index (χ1) is 12.8. The summed E-state index contributed by atoms with van der Waals surface area (Å²) in [5.41, 5.74) is 3.59. The van der Waals surface area contributed by atoms with E-state index in [0.29, 0.717) is 12.1 Å². The predicted octanol–water partition coefficient (Wildman–Crippen LogP) is 4.97. The summed E-state index contributed by atoms with van der Waals surface area (Å²) in [7, 11) is 0. The zero-order chi connectivity index (χ0) is 18.4. The molecule has 1 aliphatic carbocycles. The average molecular weight is 355 g/mol. The zero-order valence-electron chi connectivity index (χ0n) is 16.0. The van der Waals surface area contributed by atoms with Gasteiger partial charge in [0.15, 0.2) is 0 Å². The molecule has 0 saturated carbocycles. The van der Waals surface area contributed by atoms with E-state index in [2.05, 4.69) is 34.5 Å². The summed E-state index contributed by atoms with van der Waals surface area (Å²) in [4.78, 5) is 2.32. The van der Waals surface area contributed by atoms with Crippen LogP contribution in [0.1, 0.15) is 44.2 Å². The number of halogens is 1. The van der Waals surface area contributed by atoms with Gasteiger partial charge in [0.05, 0.1) is 5.69 Å². The summed E-state index contributed by atoms with van der Waals surface area (Å²) in [6, 6.07) is 16.7. The minimum absolute atomic E-state index is 0.107. The van der Waals surface area contributed by atoms with E-state index in [1.165, 1.54) is 30.4 Å². The van der Waals surface area contributed by atoms with Crippen molar-refractivity contribution >= 4 is 5.69 Å². The second kappa shape index (κ2) is 9.18. The quantitative estimate of drug-likeness (QED) is 0.834. The Balaban J connectivity index is 0.000000948. The van der Waals surface area contributed by atoms with Crippen molar-refractivity contribution in [3.8, 4) is 0 Å². The lowest BCUT2D eigenvalue weighted by Gasteiger charge is -2.36. The first-order valence-corrected chi connectivity index (χ1v) is 10.1. The van der Waals surface area contributed by atoms with E-state index >= 15 is 0 Å². The molecule has 1 atom stereocenters. The number of rotatable bonds is 4. The summed E-state index contributed by atoms with van der Waals surface area (Å²) in [5, 5.41) is 3.62. The third-order valence-corrected chi connectivity index (χ3v) is 5.46. The Kier molecular flexibility index (Phi) is 6.67. The van der Waals surface area contributed by atoms with E-state index in [9.17, 15) is 4.39 Å². The number of hydrogen-bond acceptors (Lipinski definition) is 2. The van der Waals surface area contributed by atoms with Crippen LogP contribution in [0.25, 0.3) is 0 Å². The Morgan fingerprint density at radius 1 is 0.962 bits per heavy atom. The lowest BCUT2D eigenvalue weighted by molar-refractivity contribution is 0.388. The van der Waals surface area contributed by atoms with Gasteiger partial charge in [0.1, 0.15) is 5.82 Å². The maximum absolute atomic E-state index is 14.5. The predicted molar refractivity (Wildman–Crippen MR) is 108 cm³/mol. The van der Waals surface area contributed by atoms with E-state index in [1.54, 1.807) is 12.1 Å². The molecule has 0 amide bonds. The first-order valence-electron chi connectivity index (χ1n) is 10.1. The maximum Gasteiger partial charge on any atom is 0.146 e. The van der Waals surface area contributed by atoms with Crippen molar-refractivity contribution in [1.29, 1.82) is 0 Å². The van der Waals surface area contributed by atoms with Crippen molar-refractivity contribution < 1.29 is 4.39 Å². The average Bonchev–Trinajstić information content (AvgIpc) is 3.13. The van der Waals surface area contributed by atoms with Gasteiger partial charge in [-0.2, -0.15) is 0 Å². The van der Waals surface area contributed by atoms with Crippen molar-refractivity contribution in [2.45, 2.75) is 58.0 Å². The van der Waals surface area contributed by atoms with Gasteiger partial charge in [0, 0.05) is 18.6 Å². The minimum Gasteiger partial charge on any atom is -0.364 e. The van der Waals surface area contributed by atoms with Crippen molar-refractivity contribution in [1.82, 2.24) is 5.32 Å². The molecule has 1 aliphatic heterocycles. The van der Waals surface area contributed by atoms with Gasteiger partial charge in [-0.1, -0.05) is 56.7 Å². The van der Waals surface area contributed by atoms with Crippen LogP contribution in [0.15, 0.2) is 48.5 Å². The second-order valence-electron chi connectivity index (χ2n) is 7.08. The second-order valence-corrected chi connectivity index (χ2v) is 7.08. The molecule has 1 saturated heterocycles. The molecule has 2 aromatic carbocycles. The molecule has 1 heterocycles. The molecule has 0 spiro atoms. The van der Waals surface area contributed by atoms with E-state index in [4.69, 9.17) is 0 Å². The van der Waals surface area contributed by atoms with Gasteiger partial charge in [0.25, 0.3) is 0 Å². The fourth-order valence-electron chi connectivity index (χ4n) is 4.20. The molecular formula is C23H31FN2. The van der Waals surface area contributed by atoms with Crippen molar-refractivity contribution in [2.24, 2.45) is 0 Å². The van der Waals surface area contributed by atoms with E-state index in [0.717, 1.165) is 31.6 Å². The van der Waals surface area contributed by atoms with Crippen molar-refractivity contribution in [3.05, 3.63) is 65.5 Å². The van der Waals surface area contributed by atoms with Crippen LogP contribution in [0, 0.1) is 5.82 Å². The topological polar surface area (TPSA) is 15.3 Å². The SMILES string of the molecule is CC.Fc1ccccc1N(CC1CCCCN1)C1Cc2ccccc2C1. The van der Waals surface area contributed by atoms with Crippen LogP contribution in [-0.2, 0) is 12.8 Å². The molecule has 1 unspecified atom stereocenters. The maximum atomic E-state index is 14.5. The van der Waals surface area contributed by atoms with E-state index in [1.807, 2.05) is 26.0 Å². The number of piperidine rings is 1. The molecule has 140 valence electrons. The standard InChI is InChI=1S/C21H25FN2.C2H6/c22-20-10-3-4-11-21(20)24(15-18-9-5-6-12-23-18)19-13-16-7-1-2-8-17(16)14-19;1-2/h1-4,7-8,10-11,18-19,23H,5-6,9,12-15H2;1-2H3. The van der Waals surface area contributed by atoms with Crippen LogP contribution in [0.5, 0.6) is 0 Å². The molecule has 2 aliphatic rings. The Bertz CT molecular complexity index is 669. The summed E-state index contributed by atoms with van der Waals surface area (Å²) in [6.07, 6.45) is 5.73. The lowest BCUT2D eigenvalue weighted by Crippen LogP contribution is -2.48. The normalized spacial score (nSPS) is 19.4. The molecule has 0 bridgehead atoms. The number of anilines is 1. The number of benzene rings is 2. The van der Waals surface area contributed by atoms with Gasteiger partial charge in [-0.25, -0.2) is 4.39 Å². The van der Waals surface area contributed by atoms with Gasteiger partial charge in [-0.3, -0.25) is 0 Å². The monoisotopic (exact) mass is 354 g/mol. The first kappa shape index (κ1) is 18.9. The highest BCUT2D eigenvalue weighted by Crippen LogP contribution is 2.31. The van der Waals surface area contributed by atoms with Crippen LogP contribution in [0.3, 0.4) is 0 Å². The Morgan fingerprint density at radius 3 is 2.23 bits per heavy atom. The number of fused-ring (bicyclic) bond motifs is 1. The Morgan fingerprint density at radius 2 is 1.62 bits per heavy atom. The van der Waals surface area contributed by atoms with Crippen LogP contribution in [0.4, 0.5) is 10.1 Å². The molecule has 2 nitrogen and oxygen atoms in total. The fraction of sp³-hybridized carbons (Fsp3) is 0.478. The molecule has 1 N–H and O–H groups in total. The molecule has 4 rings (SSSR count). The van der Waals surface area contributed by atoms with Gasteiger partial charge in [-0.15, -0.1) is 0 Å². The van der Waals surface area contributed by atoms with Gasteiger partial charge < -0.3 is 10.2 Å². The number of nitrogens with one attached hydrogen (secondary N) is 1. The molecule has 0 radical (unpaired) electrons. The summed E-state index contributed by atoms with van der Waals surface area (Å²) in [6.45, 7) is 5.97. The van der Waals surface area contributed by atoms with Crippen molar-refractivity contribution in [2.75, 3.05) is 18.0 Å². The molecule has 1 fully saturated rings. The van der Waals surface area contributed by atoms with Crippen LogP contribution in [0.2, 0.25) is 0 Å². The summed E-state index contributed by atoms with van der Waals surface area (Å²) >= 11 is 0. The van der Waals surface area contributed by atoms with Crippen molar-refractivity contribution in [3.63, 3.8) is 0 Å². The highest BCUT2D eigenvalue weighted by Gasteiger charge is 2.30. The lowest BCUT2D eigenvalue weighted by atomic mass is 10.0. The minimum atomic E-state index is -0.107. The van der Waals surface area contributed by atoms with Crippen LogP contribution in [-0.4, -0.2) is 25.2 Å². The molecule has 0 aromatic heterocycles. The highest BCUT2D eigenvalue weighted by atomic mass is 19.1. The van der Waals surface area contributed by atoms with Gasteiger partial charge in [-0.05, 0) is 55.5 Å². The third kappa shape index (κ3) is 4.27. The summed E-state index contributed by atoms with van der Waals surface area (Å²) < 4.78 is 14.5. The van der Waals surface area contributed by atoms with Gasteiger partial charge >= 0.3 is 0 Å². The number of para-hydroxylation sites is 1. The molecule has 26 heavy (non-hydrogen) atoms. The van der Waals surface area contributed by atoms with Crippen LogP contribution < -0.4 is 10.2 Å². The molecule has 2 aromatic rings. The van der Waals surface area contributed by atoms with Gasteiger partial charge in [0.2, 0.25) is 0 Å². The smallest absolute Gasteiger partial charge is 0.146 e.